The molecule has 3 aromatic rings. The minimum atomic E-state index is 0.121. The van der Waals surface area contributed by atoms with Crippen molar-refractivity contribution in [2.45, 2.75) is 51.4 Å². The largest absolute Gasteiger partial charge is 0.462 e. The van der Waals surface area contributed by atoms with E-state index in [1.54, 1.807) is 0 Å². The maximum Gasteiger partial charge on any atom is 0.133 e. The van der Waals surface area contributed by atoms with Crippen molar-refractivity contribution in [1.29, 1.82) is 0 Å². The number of imidazole rings is 1. The molecule has 0 amide bonds. The quantitative estimate of drug-likeness (QED) is 0.557. The van der Waals surface area contributed by atoms with Crippen molar-refractivity contribution in [3.05, 3.63) is 72.5 Å². The van der Waals surface area contributed by atoms with Crippen LogP contribution < -0.4 is 0 Å². The van der Waals surface area contributed by atoms with Crippen molar-refractivity contribution >= 4 is 0 Å². The van der Waals surface area contributed by atoms with Gasteiger partial charge in [0.2, 0.25) is 0 Å². The lowest BCUT2D eigenvalue weighted by molar-refractivity contribution is 0.000810. The Balaban J connectivity index is 1.38. The van der Waals surface area contributed by atoms with Crippen LogP contribution in [0.5, 0.6) is 0 Å². The Bertz CT molecular complexity index is 810. The molecular weight excluding hydrogens is 352 g/mol. The van der Waals surface area contributed by atoms with Crippen LogP contribution in [-0.2, 0) is 24.4 Å². The average molecular weight is 380 g/mol. The second kappa shape index (κ2) is 9.66. The summed E-state index contributed by atoms with van der Waals surface area (Å²) >= 11 is 0. The van der Waals surface area contributed by atoms with Crippen LogP contribution in [0.2, 0.25) is 0 Å². The highest BCUT2D eigenvalue weighted by atomic mass is 16.5. The minimum absolute atomic E-state index is 0.121. The molecule has 0 aliphatic carbocycles. The Hall–Kier alpha value is -2.44. The summed E-state index contributed by atoms with van der Waals surface area (Å²) in [7, 11) is 0. The number of hydrogen-bond donors (Lipinski definition) is 0. The molecular formula is C22H28N4O2. The molecule has 1 fully saturated rings. The van der Waals surface area contributed by atoms with E-state index in [4.69, 9.17) is 9.15 Å². The average Bonchev–Trinajstić information content (AvgIpc) is 3.42. The summed E-state index contributed by atoms with van der Waals surface area (Å²) in [5.74, 6) is 1.96. The predicted molar refractivity (Wildman–Crippen MR) is 106 cm³/mol. The monoisotopic (exact) mass is 380 g/mol. The van der Waals surface area contributed by atoms with Crippen LogP contribution in [0.3, 0.4) is 0 Å². The fourth-order valence-corrected chi connectivity index (χ4v) is 3.70. The smallest absolute Gasteiger partial charge is 0.133 e. The van der Waals surface area contributed by atoms with E-state index < -0.39 is 0 Å². The number of aryl methyl sites for hydroxylation is 1. The molecule has 148 valence electrons. The summed E-state index contributed by atoms with van der Waals surface area (Å²) in [5, 5.41) is 0. The predicted octanol–water partition coefficient (Wildman–Crippen LogP) is 4.21. The van der Waals surface area contributed by atoms with Crippen LogP contribution in [-0.4, -0.2) is 32.6 Å². The van der Waals surface area contributed by atoms with Crippen molar-refractivity contribution in [2.75, 3.05) is 13.2 Å². The molecule has 0 bridgehead atoms. The van der Waals surface area contributed by atoms with E-state index in [1.165, 1.54) is 12.0 Å². The number of furan rings is 1. The normalized spacial score (nSPS) is 17.2. The topological polar surface area (TPSA) is 56.3 Å². The standard InChI is InChI=1S/C22H28N4O2/c1-2-14-27-21(6-1)22-8-7-20(28-22)17-26(16-19-5-3-9-23-15-19)12-4-11-25-13-10-24-18-25/h3,5,7-10,13,15,18,21H,1-2,4,6,11-12,14,16-17H2/t21-/m1/s1. The highest BCUT2D eigenvalue weighted by Gasteiger charge is 2.20. The molecule has 0 saturated carbocycles. The lowest BCUT2D eigenvalue weighted by atomic mass is 10.1. The number of aromatic nitrogens is 3. The second-order valence-electron chi connectivity index (χ2n) is 7.39. The third-order valence-electron chi connectivity index (χ3n) is 5.14. The molecule has 0 unspecified atom stereocenters. The van der Waals surface area contributed by atoms with Crippen LogP contribution in [0, 0.1) is 0 Å². The van der Waals surface area contributed by atoms with Gasteiger partial charge in [-0.25, -0.2) is 4.98 Å². The molecule has 4 heterocycles. The summed E-state index contributed by atoms with van der Waals surface area (Å²) in [6.07, 6.45) is 14.0. The highest BCUT2D eigenvalue weighted by Crippen LogP contribution is 2.29. The molecule has 0 radical (unpaired) electrons. The summed E-state index contributed by atoms with van der Waals surface area (Å²) in [4.78, 5) is 10.8. The van der Waals surface area contributed by atoms with Gasteiger partial charge in [0.1, 0.15) is 17.6 Å². The van der Waals surface area contributed by atoms with Gasteiger partial charge < -0.3 is 13.7 Å². The van der Waals surface area contributed by atoms with E-state index in [9.17, 15) is 0 Å². The highest BCUT2D eigenvalue weighted by molar-refractivity contribution is 5.11. The van der Waals surface area contributed by atoms with Gasteiger partial charge in [0.25, 0.3) is 0 Å². The Labute approximate surface area is 166 Å². The SMILES string of the molecule is c1cncc(CN(CCCn2ccnc2)Cc2ccc([C@H]3CCCCO3)o2)c1. The number of hydrogen-bond acceptors (Lipinski definition) is 5. The van der Waals surface area contributed by atoms with Crippen molar-refractivity contribution in [3.8, 4) is 0 Å². The van der Waals surface area contributed by atoms with E-state index in [0.717, 1.165) is 63.6 Å². The van der Waals surface area contributed by atoms with Gasteiger partial charge in [-0.05, 0) is 49.4 Å². The maximum atomic E-state index is 6.15. The van der Waals surface area contributed by atoms with Gasteiger partial charge in [0, 0.05) is 51.0 Å². The number of nitrogens with zero attached hydrogens (tertiary/aromatic N) is 4. The van der Waals surface area contributed by atoms with Gasteiger partial charge >= 0.3 is 0 Å². The molecule has 1 aliphatic heterocycles. The molecule has 3 aromatic heterocycles. The van der Waals surface area contributed by atoms with Crippen LogP contribution in [0.1, 0.15) is 48.9 Å². The molecule has 1 aliphatic rings. The molecule has 4 rings (SSSR count). The van der Waals surface area contributed by atoms with Crippen molar-refractivity contribution in [2.24, 2.45) is 0 Å². The third kappa shape index (κ3) is 5.30. The lowest BCUT2D eigenvalue weighted by Crippen LogP contribution is -2.24. The van der Waals surface area contributed by atoms with Gasteiger partial charge in [0.05, 0.1) is 12.9 Å². The summed E-state index contributed by atoms with van der Waals surface area (Å²) in [6, 6.07) is 8.29. The van der Waals surface area contributed by atoms with Crippen LogP contribution in [0.25, 0.3) is 0 Å². The molecule has 6 heteroatoms. The molecule has 0 aromatic carbocycles. The first kappa shape index (κ1) is 18.9. The van der Waals surface area contributed by atoms with Gasteiger partial charge in [0.15, 0.2) is 0 Å². The first-order valence-electron chi connectivity index (χ1n) is 10.1. The fraction of sp³-hybridized carbons (Fsp3) is 0.455. The molecule has 0 spiro atoms. The van der Waals surface area contributed by atoms with Crippen LogP contribution >= 0.6 is 0 Å². The van der Waals surface area contributed by atoms with Crippen LogP contribution in [0.4, 0.5) is 0 Å². The maximum absolute atomic E-state index is 6.15. The molecule has 1 saturated heterocycles. The van der Waals surface area contributed by atoms with E-state index in [2.05, 4.69) is 37.6 Å². The fourth-order valence-electron chi connectivity index (χ4n) is 3.70. The number of rotatable bonds is 9. The van der Waals surface area contributed by atoms with Gasteiger partial charge in [-0.2, -0.15) is 0 Å². The van der Waals surface area contributed by atoms with E-state index in [0.29, 0.717) is 0 Å². The van der Waals surface area contributed by atoms with E-state index in [1.807, 2.05) is 37.2 Å². The Morgan fingerprint density at radius 3 is 2.89 bits per heavy atom. The summed E-state index contributed by atoms with van der Waals surface area (Å²) < 4.78 is 14.1. The zero-order valence-corrected chi connectivity index (χ0v) is 16.2. The Kier molecular flexibility index (Phi) is 6.52. The van der Waals surface area contributed by atoms with Gasteiger partial charge in [-0.15, -0.1) is 0 Å². The first-order valence-corrected chi connectivity index (χ1v) is 10.1. The zero-order valence-electron chi connectivity index (χ0n) is 16.2. The van der Waals surface area contributed by atoms with E-state index >= 15 is 0 Å². The van der Waals surface area contributed by atoms with Crippen molar-refractivity contribution in [1.82, 2.24) is 19.4 Å². The Morgan fingerprint density at radius 2 is 2.11 bits per heavy atom. The molecule has 6 nitrogen and oxygen atoms in total. The lowest BCUT2D eigenvalue weighted by Gasteiger charge is -2.22. The van der Waals surface area contributed by atoms with Gasteiger partial charge in [-0.3, -0.25) is 9.88 Å². The summed E-state index contributed by atoms with van der Waals surface area (Å²) in [5.41, 5.74) is 1.22. The van der Waals surface area contributed by atoms with Crippen LogP contribution in [0.15, 0.2) is 59.8 Å². The van der Waals surface area contributed by atoms with Crippen molar-refractivity contribution in [3.63, 3.8) is 0 Å². The zero-order chi connectivity index (χ0) is 19.0. The minimum Gasteiger partial charge on any atom is -0.462 e. The molecule has 28 heavy (non-hydrogen) atoms. The summed E-state index contributed by atoms with van der Waals surface area (Å²) in [6.45, 7) is 4.41. The Morgan fingerprint density at radius 1 is 1.11 bits per heavy atom. The number of pyridine rings is 1. The van der Waals surface area contributed by atoms with Crippen molar-refractivity contribution < 1.29 is 9.15 Å². The van der Waals surface area contributed by atoms with Gasteiger partial charge in [-0.1, -0.05) is 6.07 Å². The molecule has 1 atom stereocenters. The van der Waals surface area contributed by atoms with E-state index in [-0.39, 0.29) is 6.10 Å². The first-order chi connectivity index (χ1) is 13.9. The number of ether oxygens (including phenoxy) is 1. The second-order valence-corrected chi connectivity index (χ2v) is 7.39. The molecule has 0 N–H and O–H groups in total. The third-order valence-corrected chi connectivity index (χ3v) is 5.14.